The van der Waals surface area contributed by atoms with Gasteiger partial charge in [0.1, 0.15) is 6.33 Å². The maximum Gasteiger partial charge on any atom is 0.115 e. The van der Waals surface area contributed by atoms with E-state index in [4.69, 9.17) is 6.42 Å². The molecule has 76 valence electrons. The fourth-order valence-corrected chi connectivity index (χ4v) is 1.27. The molecular formula is C14H10N2. The van der Waals surface area contributed by atoms with Crippen LogP contribution in [0.15, 0.2) is 42.9 Å². The minimum absolute atomic E-state index is 0.885. The van der Waals surface area contributed by atoms with Crippen LogP contribution >= 0.6 is 0 Å². The Bertz CT molecular complexity index is 519. The van der Waals surface area contributed by atoms with E-state index in [2.05, 4.69) is 15.9 Å². The highest BCUT2D eigenvalue weighted by Gasteiger charge is 1.89. The van der Waals surface area contributed by atoms with Gasteiger partial charge in [-0.15, -0.1) is 6.42 Å². The van der Waals surface area contributed by atoms with Crippen molar-refractivity contribution in [2.45, 2.75) is 0 Å². The van der Waals surface area contributed by atoms with Gasteiger partial charge in [0.05, 0.1) is 5.69 Å². The molecule has 0 amide bonds. The Morgan fingerprint density at radius 1 is 1.06 bits per heavy atom. The molecule has 0 spiro atoms. The Kier molecular flexibility index (Phi) is 3.10. The van der Waals surface area contributed by atoms with Crippen LogP contribution in [0.2, 0.25) is 0 Å². The molecule has 0 aliphatic heterocycles. The van der Waals surface area contributed by atoms with Gasteiger partial charge < -0.3 is 0 Å². The van der Waals surface area contributed by atoms with E-state index < -0.39 is 0 Å². The van der Waals surface area contributed by atoms with Crippen LogP contribution in [-0.4, -0.2) is 9.97 Å². The van der Waals surface area contributed by atoms with Crippen molar-refractivity contribution < 1.29 is 0 Å². The summed E-state index contributed by atoms with van der Waals surface area (Å²) in [5, 5.41) is 0. The lowest BCUT2D eigenvalue weighted by Crippen LogP contribution is -1.80. The van der Waals surface area contributed by atoms with Crippen molar-refractivity contribution in [1.82, 2.24) is 9.97 Å². The molecule has 0 aliphatic rings. The lowest BCUT2D eigenvalue weighted by molar-refractivity contribution is 1.15. The van der Waals surface area contributed by atoms with Crippen LogP contribution in [0.3, 0.4) is 0 Å². The van der Waals surface area contributed by atoms with E-state index in [1.807, 2.05) is 42.5 Å². The monoisotopic (exact) mass is 206 g/mol. The van der Waals surface area contributed by atoms with Gasteiger partial charge in [-0.1, -0.05) is 24.1 Å². The molecule has 1 heterocycles. The van der Waals surface area contributed by atoms with E-state index >= 15 is 0 Å². The summed E-state index contributed by atoms with van der Waals surface area (Å²) in [4.78, 5) is 7.95. The second-order valence-electron chi connectivity index (χ2n) is 3.23. The fourth-order valence-electron chi connectivity index (χ4n) is 1.27. The van der Waals surface area contributed by atoms with Crippen molar-refractivity contribution in [1.29, 1.82) is 0 Å². The molecule has 2 rings (SSSR count). The highest BCUT2D eigenvalue weighted by molar-refractivity contribution is 5.68. The van der Waals surface area contributed by atoms with Gasteiger partial charge in [0.15, 0.2) is 0 Å². The molecule has 16 heavy (non-hydrogen) atoms. The molecule has 1 aromatic carbocycles. The molecule has 2 aromatic rings. The predicted octanol–water partition coefficient (Wildman–Crippen LogP) is 2.63. The zero-order chi connectivity index (χ0) is 11.2. The third kappa shape index (κ3) is 2.55. The highest BCUT2D eigenvalue weighted by atomic mass is 14.8. The van der Waals surface area contributed by atoms with Gasteiger partial charge in [0.25, 0.3) is 0 Å². The molecule has 2 nitrogen and oxygen atoms in total. The molecule has 2 heteroatoms. The van der Waals surface area contributed by atoms with E-state index in [0.717, 1.165) is 16.8 Å². The Labute approximate surface area is 94.7 Å². The van der Waals surface area contributed by atoms with Gasteiger partial charge in [0, 0.05) is 11.8 Å². The largest absolute Gasteiger partial charge is 0.245 e. The molecule has 0 N–H and O–H groups in total. The van der Waals surface area contributed by atoms with E-state index in [1.54, 1.807) is 6.20 Å². The quantitative estimate of drug-likeness (QED) is 0.706. The van der Waals surface area contributed by atoms with Gasteiger partial charge in [-0.2, -0.15) is 0 Å². The van der Waals surface area contributed by atoms with Gasteiger partial charge in [-0.3, -0.25) is 0 Å². The van der Waals surface area contributed by atoms with Crippen LogP contribution < -0.4 is 0 Å². The minimum Gasteiger partial charge on any atom is -0.245 e. The summed E-state index contributed by atoms with van der Waals surface area (Å²) >= 11 is 0. The molecule has 0 atom stereocenters. The Hall–Kier alpha value is -2.40. The summed E-state index contributed by atoms with van der Waals surface area (Å²) in [6.45, 7) is 0. The molecular weight excluding hydrogens is 196 g/mol. The maximum atomic E-state index is 5.28. The summed E-state index contributed by atoms with van der Waals surface area (Å²) in [5.74, 6) is 2.58. The number of hydrogen-bond acceptors (Lipinski definition) is 2. The van der Waals surface area contributed by atoms with E-state index in [9.17, 15) is 0 Å². The van der Waals surface area contributed by atoms with Crippen LogP contribution in [0, 0.1) is 12.3 Å². The Morgan fingerprint density at radius 2 is 1.88 bits per heavy atom. The first-order chi connectivity index (χ1) is 7.88. The van der Waals surface area contributed by atoms with Crippen LogP contribution in [0.5, 0.6) is 0 Å². The SMILES string of the molecule is C#Cc1ccc(/C=C/c2ccncn2)cc1. The van der Waals surface area contributed by atoms with Crippen molar-refractivity contribution in [3.63, 3.8) is 0 Å². The standard InChI is InChI=1S/C14H10N2/c1-2-12-3-5-13(6-4-12)7-8-14-9-10-15-11-16-14/h1,3-11H/b8-7+. The average molecular weight is 206 g/mol. The van der Waals surface area contributed by atoms with Crippen molar-refractivity contribution >= 4 is 12.2 Å². The second kappa shape index (κ2) is 4.90. The third-order valence-corrected chi connectivity index (χ3v) is 2.13. The molecule has 0 saturated heterocycles. The minimum atomic E-state index is 0.885. The number of benzene rings is 1. The number of hydrogen-bond donors (Lipinski definition) is 0. The number of aromatic nitrogens is 2. The summed E-state index contributed by atoms with van der Waals surface area (Å²) in [5.41, 5.74) is 2.87. The van der Waals surface area contributed by atoms with Crippen molar-refractivity contribution in [3.8, 4) is 12.3 Å². The van der Waals surface area contributed by atoms with Crippen LogP contribution in [0.1, 0.15) is 16.8 Å². The molecule has 1 aromatic heterocycles. The topological polar surface area (TPSA) is 25.8 Å². The zero-order valence-corrected chi connectivity index (χ0v) is 8.67. The second-order valence-corrected chi connectivity index (χ2v) is 3.23. The van der Waals surface area contributed by atoms with Crippen LogP contribution in [0.25, 0.3) is 12.2 Å². The predicted molar refractivity (Wildman–Crippen MR) is 65.3 cm³/mol. The van der Waals surface area contributed by atoms with Gasteiger partial charge >= 0.3 is 0 Å². The summed E-state index contributed by atoms with van der Waals surface area (Å²) < 4.78 is 0. The molecule has 0 bridgehead atoms. The Balaban J connectivity index is 2.15. The first kappa shape index (κ1) is 10.1. The first-order valence-corrected chi connectivity index (χ1v) is 4.89. The fraction of sp³-hybridized carbons (Fsp3) is 0. The molecule has 0 aliphatic carbocycles. The third-order valence-electron chi connectivity index (χ3n) is 2.13. The van der Waals surface area contributed by atoms with E-state index in [-0.39, 0.29) is 0 Å². The van der Waals surface area contributed by atoms with Crippen molar-refractivity contribution in [2.75, 3.05) is 0 Å². The van der Waals surface area contributed by atoms with E-state index in [1.165, 1.54) is 6.33 Å². The summed E-state index contributed by atoms with van der Waals surface area (Å²) in [6.07, 6.45) is 12.5. The Morgan fingerprint density at radius 3 is 2.50 bits per heavy atom. The normalized spacial score (nSPS) is 10.2. The molecule has 0 fully saturated rings. The van der Waals surface area contributed by atoms with Crippen LogP contribution in [0.4, 0.5) is 0 Å². The number of nitrogens with zero attached hydrogens (tertiary/aromatic N) is 2. The van der Waals surface area contributed by atoms with Gasteiger partial charge in [-0.05, 0) is 29.8 Å². The van der Waals surface area contributed by atoms with E-state index in [0.29, 0.717) is 0 Å². The van der Waals surface area contributed by atoms with Crippen molar-refractivity contribution in [3.05, 3.63) is 59.7 Å². The van der Waals surface area contributed by atoms with Crippen molar-refractivity contribution in [2.24, 2.45) is 0 Å². The average Bonchev–Trinajstić information content (AvgIpc) is 2.38. The smallest absolute Gasteiger partial charge is 0.115 e. The summed E-state index contributed by atoms with van der Waals surface area (Å²) in [7, 11) is 0. The number of rotatable bonds is 2. The van der Waals surface area contributed by atoms with Gasteiger partial charge in [0.2, 0.25) is 0 Å². The van der Waals surface area contributed by atoms with Crippen LogP contribution in [-0.2, 0) is 0 Å². The zero-order valence-electron chi connectivity index (χ0n) is 8.67. The highest BCUT2D eigenvalue weighted by Crippen LogP contribution is 2.07. The first-order valence-electron chi connectivity index (χ1n) is 4.89. The number of terminal acetylenes is 1. The maximum absolute atomic E-state index is 5.28. The summed E-state index contributed by atoms with van der Waals surface area (Å²) in [6, 6.07) is 9.64. The molecule has 0 saturated carbocycles. The molecule has 0 unspecified atom stereocenters. The lowest BCUT2D eigenvalue weighted by Gasteiger charge is -1.94. The van der Waals surface area contributed by atoms with Gasteiger partial charge in [-0.25, -0.2) is 9.97 Å². The lowest BCUT2D eigenvalue weighted by atomic mass is 10.1. The molecule has 0 radical (unpaired) electrons.